The van der Waals surface area contributed by atoms with E-state index in [1.54, 1.807) is 0 Å². The van der Waals surface area contributed by atoms with E-state index in [1.807, 2.05) is 23.7 Å². The minimum absolute atomic E-state index is 0.126. The van der Waals surface area contributed by atoms with Gasteiger partial charge in [0.1, 0.15) is 5.69 Å². The summed E-state index contributed by atoms with van der Waals surface area (Å²) in [5.41, 5.74) is 3.66. The van der Waals surface area contributed by atoms with Crippen LogP contribution < -0.4 is 0 Å². The SMILES string of the molecule is Cc1c(O)c(-c2ccc(C(C)(C)C)cc2)nn1C(C)(C)C. The Morgan fingerprint density at radius 3 is 1.86 bits per heavy atom. The molecule has 0 saturated heterocycles. The Balaban J connectivity index is 2.48. The first kappa shape index (κ1) is 15.6. The van der Waals surface area contributed by atoms with Crippen molar-refractivity contribution in [2.24, 2.45) is 0 Å². The molecule has 0 atom stereocenters. The number of hydrogen-bond acceptors (Lipinski definition) is 2. The molecular formula is C18H26N2O. The standard InChI is InChI=1S/C18H26N2O/c1-12-16(21)15(19-20(12)18(5,6)7)13-8-10-14(11-9-13)17(2,3)4/h8-11,21H,1-7H3. The fraction of sp³-hybridized carbons (Fsp3) is 0.500. The van der Waals surface area contributed by atoms with Crippen LogP contribution in [0.5, 0.6) is 5.75 Å². The Bertz CT molecular complexity index is 638. The van der Waals surface area contributed by atoms with Gasteiger partial charge in [-0.25, -0.2) is 0 Å². The first-order chi connectivity index (χ1) is 9.51. The van der Waals surface area contributed by atoms with Crippen molar-refractivity contribution in [1.82, 2.24) is 9.78 Å². The highest BCUT2D eigenvalue weighted by Crippen LogP contribution is 2.34. The summed E-state index contributed by atoms with van der Waals surface area (Å²) in [5, 5.41) is 15.0. The van der Waals surface area contributed by atoms with Crippen LogP contribution in [0.15, 0.2) is 24.3 Å². The summed E-state index contributed by atoms with van der Waals surface area (Å²) in [5.74, 6) is 0.272. The zero-order valence-corrected chi connectivity index (χ0v) is 14.2. The molecule has 0 aliphatic rings. The average Bonchev–Trinajstić information content (AvgIpc) is 2.65. The quantitative estimate of drug-likeness (QED) is 0.831. The maximum Gasteiger partial charge on any atom is 0.164 e. The molecule has 1 heterocycles. The lowest BCUT2D eigenvalue weighted by Gasteiger charge is -2.21. The Morgan fingerprint density at radius 2 is 1.48 bits per heavy atom. The number of nitrogens with zero attached hydrogens (tertiary/aromatic N) is 2. The maximum atomic E-state index is 10.4. The van der Waals surface area contributed by atoms with Crippen molar-refractivity contribution in [2.45, 2.75) is 59.4 Å². The van der Waals surface area contributed by atoms with Crippen LogP contribution in [0.1, 0.15) is 52.8 Å². The molecule has 2 aromatic rings. The number of aromatic nitrogens is 2. The molecule has 0 spiro atoms. The van der Waals surface area contributed by atoms with E-state index in [-0.39, 0.29) is 16.7 Å². The van der Waals surface area contributed by atoms with E-state index < -0.39 is 0 Å². The fourth-order valence-electron chi connectivity index (χ4n) is 2.47. The molecule has 1 aromatic heterocycles. The molecule has 0 saturated carbocycles. The van der Waals surface area contributed by atoms with Crippen molar-refractivity contribution in [1.29, 1.82) is 0 Å². The van der Waals surface area contributed by atoms with Gasteiger partial charge in [0.15, 0.2) is 5.75 Å². The average molecular weight is 286 g/mol. The van der Waals surface area contributed by atoms with Gasteiger partial charge in [-0.15, -0.1) is 0 Å². The van der Waals surface area contributed by atoms with E-state index in [9.17, 15) is 5.11 Å². The summed E-state index contributed by atoms with van der Waals surface area (Å²) >= 11 is 0. The van der Waals surface area contributed by atoms with Crippen molar-refractivity contribution in [2.75, 3.05) is 0 Å². The van der Waals surface area contributed by atoms with Crippen molar-refractivity contribution < 1.29 is 5.11 Å². The molecule has 2 rings (SSSR count). The summed E-state index contributed by atoms with van der Waals surface area (Å²) in [6.07, 6.45) is 0. The summed E-state index contributed by atoms with van der Waals surface area (Å²) in [6.45, 7) is 14.7. The van der Waals surface area contributed by atoms with Crippen molar-refractivity contribution in [3.8, 4) is 17.0 Å². The molecule has 0 aliphatic heterocycles. The predicted molar refractivity (Wildman–Crippen MR) is 87.8 cm³/mol. The Kier molecular flexibility index (Phi) is 3.64. The summed E-state index contributed by atoms with van der Waals surface area (Å²) in [4.78, 5) is 0. The molecule has 3 nitrogen and oxygen atoms in total. The van der Waals surface area contributed by atoms with Gasteiger partial charge in [-0.2, -0.15) is 5.10 Å². The molecule has 0 bridgehead atoms. The monoisotopic (exact) mass is 286 g/mol. The number of hydrogen-bond donors (Lipinski definition) is 1. The zero-order chi connectivity index (χ0) is 16.0. The third-order valence-electron chi connectivity index (χ3n) is 3.74. The highest BCUT2D eigenvalue weighted by Gasteiger charge is 2.23. The van der Waals surface area contributed by atoms with E-state index in [4.69, 9.17) is 0 Å². The number of aromatic hydroxyl groups is 1. The smallest absolute Gasteiger partial charge is 0.164 e. The largest absolute Gasteiger partial charge is 0.504 e. The van der Waals surface area contributed by atoms with Gasteiger partial charge in [0.2, 0.25) is 0 Å². The first-order valence-electron chi connectivity index (χ1n) is 7.42. The third kappa shape index (κ3) is 2.97. The fourth-order valence-corrected chi connectivity index (χ4v) is 2.47. The van der Waals surface area contributed by atoms with Crippen LogP contribution in [-0.2, 0) is 11.0 Å². The van der Waals surface area contributed by atoms with Crippen LogP contribution >= 0.6 is 0 Å². The van der Waals surface area contributed by atoms with Gasteiger partial charge < -0.3 is 5.11 Å². The van der Waals surface area contributed by atoms with Crippen LogP contribution in [0.4, 0.5) is 0 Å². The molecule has 114 valence electrons. The number of rotatable bonds is 1. The van der Waals surface area contributed by atoms with Gasteiger partial charge in [-0.05, 0) is 38.7 Å². The molecule has 0 amide bonds. The molecule has 0 unspecified atom stereocenters. The van der Waals surface area contributed by atoms with E-state index in [2.05, 4.69) is 58.8 Å². The van der Waals surface area contributed by atoms with Crippen molar-refractivity contribution >= 4 is 0 Å². The predicted octanol–water partition coefficient (Wildman–Crippen LogP) is 4.62. The highest BCUT2D eigenvalue weighted by molar-refractivity contribution is 5.67. The van der Waals surface area contributed by atoms with Gasteiger partial charge >= 0.3 is 0 Å². The van der Waals surface area contributed by atoms with Gasteiger partial charge in [-0.1, -0.05) is 45.0 Å². The second kappa shape index (κ2) is 4.90. The second-order valence-electron chi connectivity index (χ2n) is 7.69. The van der Waals surface area contributed by atoms with Crippen LogP contribution in [0.3, 0.4) is 0 Å². The topological polar surface area (TPSA) is 38.1 Å². The Morgan fingerprint density at radius 1 is 0.952 bits per heavy atom. The molecule has 0 aliphatic carbocycles. The van der Waals surface area contributed by atoms with Gasteiger partial charge in [-0.3, -0.25) is 4.68 Å². The second-order valence-corrected chi connectivity index (χ2v) is 7.69. The highest BCUT2D eigenvalue weighted by atomic mass is 16.3. The van der Waals surface area contributed by atoms with E-state index in [0.29, 0.717) is 5.69 Å². The molecule has 0 radical (unpaired) electrons. The number of benzene rings is 1. The van der Waals surface area contributed by atoms with E-state index >= 15 is 0 Å². The summed E-state index contributed by atoms with van der Waals surface area (Å²) in [7, 11) is 0. The van der Waals surface area contributed by atoms with Gasteiger partial charge in [0.25, 0.3) is 0 Å². The normalized spacial score (nSPS) is 12.7. The first-order valence-corrected chi connectivity index (χ1v) is 7.42. The van der Waals surface area contributed by atoms with Crippen LogP contribution in [-0.4, -0.2) is 14.9 Å². The van der Waals surface area contributed by atoms with E-state index in [1.165, 1.54) is 5.56 Å². The molecule has 1 N–H and O–H groups in total. The minimum atomic E-state index is -0.148. The summed E-state index contributed by atoms with van der Waals surface area (Å²) < 4.78 is 1.88. The maximum absolute atomic E-state index is 10.4. The van der Waals surface area contributed by atoms with Gasteiger partial charge in [0.05, 0.1) is 11.2 Å². The minimum Gasteiger partial charge on any atom is -0.504 e. The zero-order valence-electron chi connectivity index (χ0n) is 14.2. The molecule has 21 heavy (non-hydrogen) atoms. The molecule has 0 fully saturated rings. The van der Waals surface area contributed by atoms with Crippen molar-refractivity contribution in [3.63, 3.8) is 0 Å². The van der Waals surface area contributed by atoms with Crippen LogP contribution in [0.2, 0.25) is 0 Å². The van der Waals surface area contributed by atoms with Gasteiger partial charge in [0, 0.05) is 5.56 Å². The third-order valence-corrected chi connectivity index (χ3v) is 3.74. The van der Waals surface area contributed by atoms with Crippen molar-refractivity contribution in [3.05, 3.63) is 35.5 Å². The lowest BCUT2D eigenvalue weighted by molar-refractivity contribution is 0.345. The Hall–Kier alpha value is -1.77. The lowest BCUT2D eigenvalue weighted by Crippen LogP contribution is -2.24. The molecular weight excluding hydrogens is 260 g/mol. The summed E-state index contributed by atoms with van der Waals surface area (Å²) in [6, 6.07) is 8.30. The van der Waals surface area contributed by atoms with Crippen LogP contribution in [0.25, 0.3) is 11.3 Å². The van der Waals surface area contributed by atoms with E-state index in [0.717, 1.165) is 11.3 Å². The van der Waals surface area contributed by atoms with Crippen LogP contribution in [0, 0.1) is 6.92 Å². The lowest BCUT2D eigenvalue weighted by atomic mass is 9.86. The Labute approximate surface area is 127 Å². The molecule has 1 aromatic carbocycles. The molecule has 3 heteroatoms.